The van der Waals surface area contributed by atoms with Gasteiger partial charge in [0, 0.05) is 6.42 Å². The molecule has 0 aromatic heterocycles. The monoisotopic (exact) mass is 248 g/mol. The van der Waals surface area contributed by atoms with Crippen LogP contribution >= 0.6 is 11.6 Å². The number of carbonyl (C=O) groups is 1. The van der Waals surface area contributed by atoms with Gasteiger partial charge in [-0.1, -0.05) is 12.1 Å². The Morgan fingerprint density at radius 2 is 2.19 bits per heavy atom. The van der Waals surface area contributed by atoms with E-state index in [2.05, 4.69) is 4.74 Å². The van der Waals surface area contributed by atoms with Crippen LogP contribution in [-0.4, -0.2) is 18.0 Å². The smallest absolute Gasteiger partial charge is 0.324 e. The van der Waals surface area contributed by atoms with Crippen LogP contribution in [0.1, 0.15) is 12.5 Å². The largest absolute Gasteiger partial charge is 0.465 e. The fourth-order valence-electron chi connectivity index (χ4n) is 1.22. The van der Waals surface area contributed by atoms with E-state index in [-0.39, 0.29) is 18.6 Å². The number of rotatable bonds is 4. The predicted molar refractivity (Wildman–Crippen MR) is 56.3 cm³/mol. The van der Waals surface area contributed by atoms with E-state index in [1.54, 1.807) is 6.92 Å². The van der Waals surface area contributed by atoms with Crippen LogP contribution in [0.4, 0.5) is 8.78 Å². The molecule has 1 rings (SSSR count). The molecule has 0 fully saturated rings. The van der Waals surface area contributed by atoms with Gasteiger partial charge in [-0.05, 0) is 18.6 Å². The summed E-state index contributed by atoms with van der Waals surface area (Å²) in [7, 11) is 0. The van der Waals surface area contributed by atoms with Gasteiger partial charge in [-0.25, -0.2) is 8.78 Å². The Morgan fingerprint density at radius 3 is 2.81 bits per heavy atom. The SMILES string of the molecule is CCOC(=O)C(Cl)Cc1cccc(F)c1F. The van der Waals surface area contributed by atoms with Crippen molar-refractivity contribution in [2.45, 2.75) is 18.7 Å². The van der Waals surface area contributed by atoms with Gasteiger partial charge in [-0.3, -0.25) is 4.79 Å². The van der Waals surface area contributed by atoms with Crippen molar-refractivity contribution >= 4 is 17.6 Å². The molecule has 16 heavy (non-hydrogen) atoms. The van der Waals surface area contributed by atoms with Crippen LogP contribution < -0.4 is 0 Å². The molecule has 1 atom stereocenters. The average molecular weight is 249 g/mol. The summed E-state index contributed by atoms with van der Waals surface area (Å²) in [6, 6.07) is 3.75. The van der Waals surface area contributed by atoms with Gasteiger partial charge in [-0.2, -0.15) is 0 Å². The quantitative estimate of drug-likeness (QED) is 0.605. The van der Waals surface area contributed by atoms with Gasteiger partial charge in [0.15, 0.2) is 11.6 Å². The van der Waals surface area contributed by atoms with Crippen LogP contribution in [0.3, 0.4) is 0 Å². The van der Waals surface area contributed by atoms with Crippen LogP contribution in [0.2, 0.25) is 0 Å². The molecule has 0 radical (unpaired) electrons. The van der Waals surface area contributed by atoms with Crippen molar-refractivity contribution in [3.8, 4) is 0 Å². The first kappa shape index (κ1) is 12.9. The maximum atomic E-state index is 13.2. The van der Waals surface area contributed by atoms with Gasteiger partial charge in [0.05, 0.1) is 6.61 Å². The summed E-state index contributed by atoms with van der Waals surface area (Å²) in [6.45, 7) is 1.85. The standard InChI is InChI=1S/C11H11ClF2O2/c1-2-16-11(15)8(12)6-7-4-3-5-9(13)10(7)14/h3-5,8H,2,6H2,1H3. The third-order valence-corrected chi connectivity index (χ3v) is 2.31. The molecule has 0 spiro atoms. The van der Waals surface area contributed by atoms with Gasteiger partial charge in [-0.15, -0.1) is 11.6 Å². The highest BCUT2D eigenvalue weighted by Crippen LogP contribution is 2.16. The minimum Gasteiger partial charge on any atom is -0.465 e. The summed E-state index contributed by atoms with van der Waals surface area (Å²) in [5, 5.41) is -1.00. The van der Waals surface area contributed by atoms with Crippen molar-refractivity contribution in [3.63, 3.8) is 0 Å². The second-order valence-electron chi connectivity index (χ2n) is 3.14. The Balaban J connectivity index is 2.73. The lowest BCUT2D eigenvalue weighted by Crippen LogP contribution is -2.20. The molecular formula is C11H11ClF2O2. The second kappa shape index (κ2) is 5.80. The summed E-state index contributed by atoms with van der Waals surface area (Å²) >= 11 is 5.71. The Labute approximate surface area is 97.2 Å². The van der Waals surface area contributed by atoms with Crippen molar-refractivity contribution in [2.24, 2.45) is 0 Å². The van der Waals surface area contributed by atoms with Crippen LogP contribution in [0.5, 0.6) is 0 Å². The van der Waals surface area contributed by atoms with E-state index >= 15 is 0 Å². The fraction of sp³-hybridized carbons (Fsp3) is 0.364. The molecular weight excluding hydrogens is 238 g/mol. The zero-order chi connectivity index (χ0) is 12.1. The zero-order valence-corrected chi connectivity index (χ0v) is 9.43. The topological polar surface area (TPSA) is 26.3 Å². The summed E-state index contributed by atoms with van der Waals surface area (Å²) in [5.41, 5.74) is 0.0630. The first-order valence-corrected chi connectivity index (χ1v) is 5.23. The van der Waals surface area contributed by atoms with Crippen molar-refractivity contribution in [3.05, 3.63) is 35.4 Å². The maximum absolute atomic E-state index is 13.2. The molecule has 0 aliphatic rings. The molecule has 0 aliphatic carbocycles. The number of alkyl halides is 1. The fourth-order valence-corrected chi connectivity index (χ4v) is 1.44. The van der Waals surface area contributed by atoms with Crippen molar-refractivity contribution in [2.75, 3.05) is 6.61 Å². The molecule has 0 saturated heterocycles. The van der Waals surface area contributed by atoms with Crippen molar-refractivity contribution in [1.82, 2.24) is 0 Å². The average Bonchev–Trinajstić information content (AvgIpc) is 2.25. The minimum atomic E-state index is -1.00. The highest BCUT2D eigenvalue weighted by atomic mass is 35.5. The Kier molecular flexibility index (Phi) is 4.68. The molecule has 88 valence electrons. The summed E-state index contributed by atoms with van der Waals surface area (Å²) in [4.78, 5) is 11.2. The molecule has 2 nitrogen and oxygen atoms in total. The molecule has 1 unspecified atom stereocenters. The first-order valence-electron chi connectivity index (χ1n) is 4.79. The van der Waals surface area contributed by atoms with E-state index in [9.17, 15) is 13.6 Å². The number of ether oxygens (including phenoxy) is 1. The molecule has 0 heterocycles. The molecule has 1 aromatic carbocycles. The Morgan fingerprint density at radius 1 is 1.50 bits per heavy atom. The first-order chi connectivity index (χ1) is 7.56. The van der Waals surface area contributed by atoms with E-state index in [0.29, 0.717) is 0 Å². The van der Waals surface area contributed by atoms with Crippen LogP contribution in [0.25, 0.3) is 0 Å². The molecule has 0 N–H and O–H groups in total. The van der Waals surface area contributed by atoms with Gasteiger partial charge in [0.25, 0.3) is 0 Å². The van der Waals surface area contributed by atoms with E-state index in [0.717, 1.165) is 6.07 Å². The highest BCUT2D eigenvalue weighted by Gasteiger charge is 2.19. The molecule has 0 aliphatic heterocycles. The number of hydrogen-bond acceptors (Lipinski definition) is 2. The maximum Gasteiger partial charge on any atom is 0.324 e. The third-order valence-electron chi connectivity index (χ3n) is 1.97. The summed E-state index contributed by atoms with van der Waals surface area (Å²) in [6.07, 6.45) is -0.0933. The van der Waals surface area contributed by atoms with Crippen LogP contribution in [0, 0.1) is 11.6 Å². The normalized spacial score (nSPS) is 12.2. The third kappa shape index (κ3) is 3.17. The number of hydrogen-bond donors (Lipinski definition) is 0. The molecule has 1 aromatic rings. The van der Waals surface area contributed by atoms with Crippen LogP contribution in [-0.2, 0) is 16.0 Å². The number of esters is 1. The Hall–Kier alpha value is -1.16. The summed E-state index contributed by atoms with van der Waals surface area (Å²) < 4.78 is 30.7. The van der Waals surface area contributed by atoms with E-state index in [1.807, 2.05) is 0 Å². The van der Waals surface area contributed by atoms with Gasteiger partial charge in [0.1, 0.15) is 5.38 Å². The number of benzene rings is 1. The predicted octanol–water partition coefficient (Wildman–Crippen LogP) is 2.68. The zero-order valence-electron chi connectivity index (χ0n) is 8.67. The molecule has 5 heteroatoms. The van der Waals surface area contributed by atoms with Gasteiger partial charge >= 0.3 is 5.97 Å². The second-order valence-corrected chi connectivity index (χ2v) is 3.66. The minimum absolute atomic E-state index is 0.0630. The van der Waals surface area contributed by atoms with E-state index in [1.165, 1.54) is 12.1 Å². The lowest BCUT2D eigenvalue weighted by atomic mass is 10.1. The van der Waals surface area contributed by atoms with Gasteiger partial charge < -0.3 is 4.74 Å². The number of halogens is 3. The number of carbonyl (C=O) groups excluding carboxylic acids is 1. The highest BCUT2D eigenvalue weighted by molar-refractivity contribution is 6.30. The lowest BCUT2D eigenvalue weighted by Gasteiger charge is -2.09. The summed E-state index contributed by atoms with van der Waals surface area (Å²) in [5.74, 6) is -2.56. The molecule has 0 bridgehead atoms. The van der Waals surface area contributed by atoms with Crippen molar-refractivity contribution < 1.29 is 18.3 Å². The van der Waals surface area contributed by atoms with E-state index in [4.69, 9.17) is 11.6 Å². The lowest BCUT2D eigenvalue weighted by molar-refractivity contribution is -0.142. The van der Waals surface area contributed by atoms with Gasteiger partial charge in [0.2, 0.25) is 0 Å². The van der Waals surface area contributed by atoms with E-state index < -0.39 is 23.0 Å². The van der Waals surface area contributed by atoms with Crippen LogP contribution in [0.15, 0.2) is 18.2 Å². The van der Waals surface area contributed by atoms with Crippen molar-refractivity contribution in [1.29, 1.82) is 0 Å². The molecule has 0 amide bonds. The molecule has 0 saturated carbocycles. The Bertz CT molecular complexity index is 382.